The molecule has 2 unspecified atom stereocenters. The second kappa shape index (κ2) is 10.4. The smallest absolute Gasteiger partial charge is 0.190 e. The van der Waals surface area contributed by atoms with E-state index in [1.807, 2.05) is 19.2 Å². The van der Waals surface area contributed by atoms with Crippen molar-refractivity contribution in [2.45, 2.75) is 25.2 Å². The van der Waals surface area contributed by atoms with Gasteiger partial charge < -0.3 is 24.8 Å². The molecule has 0 amide bonds. The van der Waals surface area contributed by atoms with Crippen LogP contribution in [0.1, 0.15) is 30.7 Å². The van der Waals surface area contributed by atoms with E-state index in [1.165, 1.54) is 5.56 Å². The number of rotatable bonds is 8. The predicted molar refractivity (Wildman–Crippen MR) is 103 cm³/mol. The van der Waals surface area contributed by atoms with Crippen molar-refractivity contribution in [3.05, 3.63) is 29.8 Å². The lowest BCUT2D eigenvalue weighted by Crippen LogP contribution is -2.40. The van der Waals surface area contributed by atoms with E-state index >= 15 is 0 Å². The van der Waals surface area contributed by atoms with Crippen LogP contribution in [0.4, 0.5) is 0 Å². The van der Waals surface area contributed by atoms with Gasteiger partial charge in [-0.2, -0.15) is 0 Å². The maximum atomic E-state index is 5.73. The van der Waals surface area contributed by atoms with Gasteiger partial charge in [-0.25, -0.2) is 0 Å². The minimum atomic E-state index is 0.454. The van der Waals surface area contributed by atoms with E-state index in [2.05, 4.69) is 27.8 Å². The topological polar surface area (TPSA) is 64.1 Å². The van der Waals surface area contributed by atoms with Crippen molar-refractivity contribution in [1.82, 2.24) is 10.6 Å². The second-order valence-electron chi connectivity index (χ2n) is 6.91. The fraction of sp³-hybridized carbons (Fsp3) is 0.650. The van der Waals surface area contributed by atoms with Gasteiger partial charge >= 0.3 is 0 Å². The molecule has 2 N–H and O–H groups in total. The monoisotopic (exact) mass is 361 g/mol. The van der Waals surface area contributed by atoms with Crippen LogP contribution in [-0.2, 0) is 9.47 Å². The SMILES string of the molecule is CN=C(NCCCOCC1CCOC1)NCC1CCOc2ccccc21. The van der Waals surface area contributed by atoms with E-state index in [1.54, 1.807) is 0 Å². The van der Waals surface area contributed by atoms with Crippen LogP contribution in [0.25, 0.3) is 0 Å². The molecule has 0 spiro atoms. The summed E-state index contributed by atoms with van der Waals surface area (Å²) in [5.41, 5.74) is 1.28. The largest absolute Gasteiger partial charge is 0.493 e. The Morgan fingerprint density at radius 3 is 3.00 bits per heavy atom. The Morgan fingerprint density at radius 1 is 1.23 bits per heavy atom. The molecule has 1 aromatic carbocycles. The van der Waals surface area contributed by atoms with Crippen molar-refractivity contribution in [2.24, 2.45) is 10.9 Å². The van der Waals surface area contributed by atoms with Crippen molar-refractivity contribution in [1.29, 1.82) is 0 Å². The van der Waals surface area contributed by atoms with Crippen LogP contribution in [0.2, 0.25) is 0 Å². The highest BCUT2D eigenvalue weighted by molar-refractivity contribution is 5.79. The third-order valence-electron chi connectivity index (χ3n) is 4.96. The van der Waals surface area contributed by atoms with Gasteiger partial charge in [0.1, 0.15) is 5.75 Å². The number of hydrogen-bond donors (Lipinski definition) is 2. The van der Waals surface area contributed by atoms with Gasteiger partial charge in [0.2, 0.25) is 0 Å². The summed E-state index contributed by atoms with van der Waals surface area (Å²) < 4.78 is 16.8. The Kier molecular flexibility index (Phi) is 7.58. The number of nitrogens with zero attached hydrogens (tertiary/aromatic N) is 1. The minimum absolute atomic E-state index is 0.454. The molecule has 2 aliphatic heterocycles. The molecule has 1 saturated heterocycles. The number of aliphatic imine (C=N–C) groups is 1. The summed E-state index contributed by atoms with van der Waals surface area (Å²) in [6.45, 7) is 5.81. The van der Waals surface area contributed by atoms with E-state index in [4.69, 9.17) is 14.2 Å². The summed E-state index contributed by atoms with van der Waals surface area (Å²) in [5.74, 6) is 2.90. The summed E-state index contributed by atoms with van der Waals surface area (Å²) in [5, 5.41) is 6.81. The molecule has 0 radical (unpaired) electrons. The molecule has 3 rings (SSSR count). The quantitative estimate of drug-likeness (QED) is 0.422. The lowest BCUT2D eigenvalue weighted by atomic mass is 9.93. The first kappa shape index (κ1) is 19.0. The van der Waals surface area contributed by atoms with Gasteiger partial charge in [0, 0.05) is 45.2 Å². The normalized spacial score (nSPS) is 22.6. The van der Waals surface area contributed by atoms with E-state index in [0.717, 1.165) is 77.1 Å². The van der Waals surface area contributed by atoms with Gasteiger partial charge in [0.05, 0.1) is 19.8 Å². The summed E-state index contributed by atoms with van der Waals surface area (Å²) in [6, 6.07) is 8.30. The van der Waals surface area contributed by atoms with Gasteiger partial charge in [0.15, 0.2) is 5.96 Å². The second-order valence-corrected chi connectivity index (χ2v) is 6.91. The van der Waals surface area contributed by atoms with Crippen molar-refractivity contribution < 1.29 is 14.2 Å². The first-order valence-corrected chi connectivity index (χ1v) is 9.68. The fourth-order valence-electron chi connectivity index (χ4n) is 3.41. The molecule has 1 fully saturated rings. The molecule has 1 aromatic rings. The molecule has 6 nitrogen and oxygen atoms in total. The molecule has 0 aromatic heterocycles. The van der Waals surface area contributed by atoms with E-state index < -0.39 is 0 Å². The minimum Gasteiger partial charge on any atom is -0.493 e. The van der Waals surface area contributed by atoms with E-state index in [0.29, 0.717) is 11.8 Å². The molecule has 2 aliphatic rings. The highest BCUT2D eigenvalue weighted by Crippen LogP contribution is 2.32. The standard InChI is InChI=1S/C20H31N3O3/c1-21-20(22-9-4-10-24-14-16-7-11-25-15-16)23-13-17-8-12-26-19-6-3-2-5-18(17)19/h2-3,5-6,16-17H,4,7-15H2,1H3,(H2,21,22,23). The van der Waals surface area contributed by atoms with Crippen LogP contribution in [0.15, 0.2) is 29.3 Å². The van der Waals surface area contributed by atoms with Crippen LogP contribution in [0.5, 0.6) is 5.75 Å². The Labute approximate surface area is 156 Å². The molecule has 0 saturated carbocycles. The lowest BCUT2D eigenvalue weighted by Gasteiger charge is -2.26. The maximum Gasteiger partial charge on any atom is 0.190 e. The number of nitrogens with one attached hydrogen (secondary N) is 2. The molecule has 2 heterocycles. The van der Waals surface area contributed by atoms with Gasteiger partial charge in [-0.05, 0) is 30.9 Å². The summed E-state index contributed by atoms with van der Waals surface area (Å²) in [4.78, 5) is 4.32. The molecule has 26 heavy (non-hydrogen) atoms. The number of guanidine groups is 1. The van der Waals surface area contributed by atoms with Crippen molar-refractivity contribution in [2.75, 3.05) is 53.2 Å². The van der Waals surface area contributed by atoms with Crippen molar-refractivity contribution in [3.8, 4) is 5.75 Å². The zero-order valence-electron chi connectivity index (χ0n) is 15.7. The number of ether oxygens (including phenoxy) is 3. The zero-order valence-corrected chi connectivity index (χ0v) is 15.7. The van der Waals surface area contributed by atoms with Crippen LogP contribution in [-0.4, -0.2) is 59.1 Å². The Hall–Kier alpha value is -1.79. The molecule has 144 valence electrons. The lowest BCUT2D eigenvalue weighted by molar-refractivity contribution is 0.0888. The van der Waals surface area contributed by atoms with Crippen LogP contribution in [0.3, 0.4) is 0 Å². The van der Waals surface area contributed by atoms with Gasteiger partial charge in [-0.3, -0.25) is 4.99 Å². The highest BCUT2D eigenvalue weighted by atomic mass is 16.5. The fourth-order valence-corrected chi connectivity index (χ4v) is 3.41. The number of hydrogen-bond acceptors (Lipinski definition) is 4. The van der Waals surface area contributed by atoms with Crippen molar-refractivity contribution in [3.63, 3.8) is 0 Å². The molecular formula is C20H31N3O3. The number of fused-ring (bicyclic) bond motifs is 1. The Balaban J connectivity index is 1.31. The third-order valence-corrected chi connectivity index (χ3v) is 4.96. The van der Waals surface area contributed by atoms with E-state index in [-0.39, 0.29) is 0 Å². The molecule has 6 heteroatoms. The molecule has 0 bridgehead atoms. The van der Waals surface area contributed by atoms with Crippen LogP contribution >= 0.6 is 0 Å². The summed E-state index contributed by atoms with van der Waals surface area (Å²) in [6.07, 6.45) is 3.12. The maximum absolute atomic E-state index is 5.73. The molecule has 2 atom stereocenters. The van der Waals surface area contributed by atoms with Gasteiger partial charge in [0.25, 0.3) is 0 Å². The highest BCUT2D eigenvalue weighted by Gasteiger charge is 2.21. The Bertz CT molecular complexity index is 573. The van der Waals surface area contributed by atoms with E-state index in [9.17, 15) is 0 Å². The van der Waals surface area contributed by atoms with Crippen LogP contribution < -0.4 is 15.4 Å². The number of para-hydroxylation sites is 1. The summed E-state index contributed by atoms with van der Waals surface area (Å²) in [7, 11) is 1.81. The zero-order chi connectivity index (χ0) is 18.0. The first-order valence-electron chi connectivity index (χ1n) is 9.68. The molecule has 0 aliphatic carbocycles. The average Bonchev–Trinajstić information content (AvgIpc) is 3.20. The van der Waals surface area contributed by atoms with Gasteiger partial charge in [-0.1, -0.05) is 18.2 Å². The van der Waals surface area contributed by atoms with Crippen molar-refractivity contribution >= 4 is 5.96 Å². The average molecular weight is 361 g/mol. The third kappa shape index (κ3) is 5.61. The van der Waals surface area contributed by atoms with Gasteiger partial charge in [-0.15, -0.1) is 0 Å². The Morgan fingerprint density at radius 2 is 2.15 bits per heavy atom. The number of benzene rings is 1. The van der Waals surface area contributed by atoms with Crippen LogP contribution in [0, 0.1) is 5.92 Å². The predicted octanol–water partition coefficient (Wildman–Crippen LogP) is 2.16. The summed E-state index contributed by atoms with van der Waals surface area (Å²) >= 11 is 0. The first-order chi connectivity index (χ1) is 12.9. The molecular weight excluding hydrogens is 330 g/mol.